The molecule has 1 heterocycles. The molecule has 13 heavy (non-hydrogen) atoms. The van der Waals surface area contributed by atoms with E-state index in [9.17, 15) is 4.79 Å². The highest BCUT2D eigenvalue weighted by atomic mass is 16.5. The van der Waals surface area contributed by atoms with Crippen molar-refractivity contribution in [2.45, 2.75) is 39.2 Å². The van der Waals surface area contributed by atoms with E-state index in [1.54, 1.807) is 0 Å². The maximum atomic E-state index is 11.6. The van der Waals surface area contributed by atoms with Crippen LogP contribution in [0.2, 0.25) is 0 Å². The molecule has 0 aliphatic carbocycles. The van der Waals surface area contributed by atoms with Gasteiger partial charge in [0.25, 0.3) is 0 Å². The topological polar surface area (TPSA) is 26.3 Å². The molecule has 0 amide bonds. The predicted molar refractivity (Wildman–Crippen MR) is 52.6 cm³/mol. The molecule has 1 fully saturated rings. The first-order chi connectivity index (χ1) is 6.11. The first kappa shape index (κ1) is 10.5. The molecule has 1 aliphatic rings. The SMILES string of the molecule is C=C(C)CCC(=O)C1OCCC1C. The first-order valence-corrected chi connectivity index (χ1v) is 4.90. The Balaban J connectivity index is 2.34. The van der Waals surface area contributed by atoms with E-state index in [1.807, 2.05) is 6.92 Å². The fourth-order valence-corrected chi connectivity index (χ4v) is 1.59. The summed E-state index contributed by atoms with van der Waals surface area (Å²) in [6, 6.07) is 0. The molecule has 2 unspecified atom stereocenters. The molecule has 74 valence electrons. The van der Waals surface area contributed by atoms with Gasteiger partial charge < -0.3 is 4.74 Å². The van der Waals surface area contributed by atoms with Gasteiger partial charge in [-0.15, -0.1) is 6.58 Å². The monoisotopic (exact) mass is 182 g/mol. The van der Waals surface area contributed by atoms with Crippen LogP contribution in [0.4, 0.5) is 0 Å². The smallest absolute Gasteiger partial charge is 0.162 e. The van der Waals surface area contributed by atoms with Gasteiger partial charge in [-0.3, -0.25) is 4.79 Å². The molecule has 1 aliphatic heterocycles. The Morgan fingerprint density at radius 1 is 1.54 bits per heavy atom. The van der Waals surface area contributed by atoms with Crippen LogP contribution in [0.1, 0.15) is 33.1 Å². The number of ketones is 1. The van der Waals surface area contributed by atoms with Crippen molar-refractivity contribution in [2.75, 3.05) is 6.61 Å². The van der Waals surface area contributed by atoms with Crippen LogP contribution in [0, 0.1) is 5.92 Å². The van der Waals surface area contributed by atoms with Gasteiger partial charge in [-0.25, -0.2) is 0 Å². The molecule has 0 aromatic carbocycles. The van der Waals surface area contributed by atoms with E-state index >= 15 is 0 Å². The summed E-state index contributed by atoms with van der Waals surface area (Å²) in [4.78, 5) is 11.6. The third-order valence-electron chi connectivity index (χ3n) is 2.50. The quantitative estimate of drug-likeness (QED) is 0.624. The Labute approximate surface area is 80.0 Å². The molecule has 0 spiro atoms. The van der Waals surface area contributed by atoms with Crippen LogP contribution in [0.25, 0.3) is 0 Å². The van der Waals surface area contributed by atoms with E-state index in [4.69, 9.17) is 4.74 Å². The van der Waals surface area contributed by atoms with Crippen LogP contribution in [0.5, 0.6) is 0 Å². The molecule has 0 aromatic rings. The lowest BCUT2D eigenvalue weighted by Gasteiger charge is -2.12. The summed E-state index contributed by atoms with van der Waals surface area (Å²) >= 11 is 0. The normalized spacial score (nSPS) is 27.5. The number of carbonyl (C=O) groups is 1. The number of hydrogen-bond acceptors (Lipinski definition) is 2. The Morgan fingerprint density at radius 2 is 2.23 bits per heavy atom. The molecule has 2 atom stereocenters. The Hall–Kier alpha value is -0.630. The minimum Gasteiger partial charge on any atom is -0.370 e. The second-order valence-corrected chi connectivity index (χ2v) is 3.98. The van der Waals surface area contributed by atoms with E-state index in [1.165, 1.54) is 0 Å². The van der Waals surface area contributed by atoms with Crippen molar-refractivity contribution in [1.82, 2.24) is 0 Å². The van der Waals surface area contributed by atoms with Gasteiger partial charge >= 0.3 is 0 Å². The third kappa shape index (κ3) is 2.96. The highest BCUT2D eigenvalue weighted by molar-refractivity contribution is 5.83. The average molecular weight is 182 g/mol. The lowest BCUT2D eigenvalue weighted by atomic mass is 9.97. The zero-order chi connectivity index (χ0) is 9.84. The fraction of sp³-hybridized carbons (Fsp3) is 0.727. The summed E-state index contributed by atoms with van der Waals surface area (Å²) in [5.41, 5.74) is 1.07. The standard InChI is InChI=1S/C11H18O2/c1-8(2)4-5-10(12)11-9(3)6-7-13-11/h9,11H,1,4-7H2,2-3H3. The van der Waals surface area contributed by atoms with Crippen molar-refractivity contribution >= 4 is 5.78 Å². The van der Waals surface area contributed by atoms with Crippen molar-refractivity contribution < 1.29 is 9.53 Å². The summed E-state index contributed by atoms with van der Waals surface area (Å²) in [6.07, 6.45) is 2.26. The van der Waals surface area contributed by atoms with Crippen LogP contribution in [0.15, 0.2) is 12.2 Å². The zero-order valence-electron chi connectivity index (χ0n) is 8.51. The van der Waals surface area contributed by atoms with Crippen LogP contribution in [0.3, 0.4) is 0 Å². The van der Waals surface area contributed by atoms with E-state index in [2.05, 4.69) is 13.5 Å². The van der Waals surface area contributed by atoms with Gasteiger partial charge in [0.2, 0.25) is 0 Å². The average Bonchev–Trinajstić information content (AvgIpc) is 2.47. The molecule has 0 bridgehead atoms. The maximum Gasteiger partial charge on any atom is 0.162 e. The molecule has 0 saturated carbocycles. The highest BCUT2D eigenvalue weighted by Gasteiger charge is 2.29. The molecule has 0 aromatic heterocycles. The largest absolute Gasteiger partial charge is 0.370 e. The van der Waals surface area contributed by atoms with Gasteiger partial charge in [0.1, 0.15) is 6.10 Å². The van der Waals surface area contributed by atoms with Crippen LogP contribution in [-0.4, -0.2) is 18.5 Å². The second-order valence-electron chi connectivity index (χ2n) is 3.98. The third-order valence-corrected chi connectivity index (χ3v) is 2.50. The van der Waals surface area contributed by atoms with Crippen molar-refractivity contribution in [3.05, 3.63) is 12.2 Å². The van der Waals surface area contributed by atoms with Crippen molar-refractivity contribution in [1.29, 1.82) is 0 Å². The molecule has 1 saturated heterocycles. The van der Waals surface area contributed by atoms with E-state index < -0.39 is 0 Å². The van der Waals surface area contributed by atoms with Gasteiger partial charge in [0, 0.05) is 13.0 Å². The van der Waals surface area contributed by atoms with Crippen molar-refractivity contribution in [3.63, 3.8) is 0 Å². The molecular weight excluding hydrogens is 164 g/mol. The van der Waals surface area contributed by atoms with Crippen LogP contribution in [-0.2, 0) is 9.53 Å². The van der Waals surface area contributed by atoms with Gasteiger partial charge in [-0.05, 0) is 25.7 Å². The molecular formula is C11H18O2. The minimum absolute atomic E-state index is 0.139. The summed E-state index contributed by atoms with van der Waals surface area (Å²) in [5.74, 6) is 0.644. The zero-order valence-corrected chi connectivity index (χ0v) is 8.51. The number of rotatable bonds is 4. The van der Waals surface area contributed by atoms with E-state index in [0.717, 1.165) is 25.0 Å². The predicted octanol–water partition coefficient (Wildman–Crippen LogP) is 2.34. The lowest BCUT2D eigenvalue weighted by Crippen LogP contribution is -2.24. The fourth-order valence-electron chi connectivity index (χ4n) is 1.59. The van der Waals surface area contributed by atoms with Crippen molar-refractivity contribution in [2.24, 2.45) is 5.92 Å². The Bertz CT molecular complexity index is 208. The maximum absolute atomic E-state index is 11.6. The summed E-state index contributed by atoms with van der Waals surface area (Å²) in [6.45, 7) is 8.55. The van der Waals surface area contributed by atoms with Crippen LogP contribution >= 0.6 is 0 Å². The molecule has 0 radical (unpaired) electrons. The first-order valence-electron chi connectivity index (χ1n) is 4.90. The molecule has 0 N–H and O–H groups in total. The van der Waals surface area contributed by atoms with Gasteiger partial charge in [-0.2, -0.15) is 0 Å². The second kappa shape index (κ2) is 4.56. The minimum atomic E-state index is -0.139. The van der Waals surface area contributed by atoms with Crippen LogP contribution < -0.4 is 0 Å². The summed E-state index contributed by atoms with van der Waals surface area (Å²) in [5, 5.41) is 0. The highest BCUT2D eigenvalue weighted by Crippen LogP contribution is 2.22. The Morgan fingerprint density at radius 3 is 2.69 bits per heavy atom. The van der Waals surface area contributed by atoms with Gasteiger partial charge in [-0.1, -0.05) is 12.5 Å². The van der Waals surface area contributed by atoms with E-state index in [0.29, 0.717) is 12.3 Å². The molecule has 1 rings (SSSR count). The van der Waals surface area contributed by atoms with E-state index in [-0.39, 0.29) is 11.9 Å². The van der Waals surface area contributed by atoms with Gasteiger partial charge in [0.15, 0.2) is 5.78 Å². The molecule has 2 heteroatoms. The number of hydrogen-bond donors (Lipinski definition) is 0. The number of carbonyl (C=O) groups excluding carboxylic acids is 1. The summed E-state index contributed by atoms with van der Waals surface area (Å²) in [7, 11) is 0. The van der Waals surface area contributed by atoms with Crippen molar-refractivity contribution in [3.8, 4) is 0 Å². The summed E-state index contributed by atoms with van der Waals surface area (Å²) < 4.78 is 5.38. The lowest BCUT2D eigenvalue weighted by molar-refractivity contribution is -0.129. The molecule has 2 nitrogen and oxygen atoms in total. The van der Waals surface area contributed by atoms with Gasteiger partial charge in [0.05, 0.1) is 0 Å². The number of Topliss-reactive ketones (excluding diaryl/α,β-unsaturated/α-hetero) is 1. The Kier molecular flexibility index (Phi) is 3.67. The number of allylic oxidation sites excluding steroid dienone is 1. The number of ether oxygens (including phenoxy) is 1.